The second-order valence-corrected chi connectivity index (χ2v) is 5.78. The lowest BCUT2D eigenvalue weighted by Gasteiger charge is -2.37. The Balaban J connectivity index is 1.93. The fourth-order valence-corrected chi connectivity index (χ4v) is 2.96. The number of hydrogen-bond donors (Lipinski definition) is 1. The van der Waals surface area contributed by atoms with Crippen molar-refractivity contribution in [1.82, 2.24) is 10.2 Å². The standard InChI is InChI=1S/C14H24N2O3/c1-3-19-14(18)16-8-12(6-11-4-5-11)7-13(9-16)15-10(2)17/h11-13H,3-9H2,1-2H3,(H,15,17). The fraction of sp³-hybridized carbons (Fsp3) is 0.857. The first-order chi connectivity index (χ1) is 9.08. The van der Waals surface area contributed by atoms with Gasteiger partial charge < -0.3 is 15.0 Å². The molecule has 0 spiro atoms. The molecule has 5 nitrogen and oxygen atoms in total. The van der Waals surface area contributed by atoms with Gasteiger partial charge in [-0.15, -0.1) is 0 Å². The van der Waals surface area contributed by atoms with Gasteiger partial charge in [0.2, 0.25) is 5.91 Å². The van der Waals surface area contributed by atoms with E-state index in [1.165, 1.54) is 26.2 Å². The van der Waals surface area contributed by atoms with Crippen LogP contribution in [0.5, 0.6) is 0 Å². The summed E-state index contributed by atoms with van der Waals surface area (Å²) >= 11 is 0. The third-order valence-corrected chi connectivity index (χ3v) is 3.83. The Bertz CT molecular complexity index is 342. The number of likely N-dealkylation sites (tertiary alicyclic amines) is 1. The third-order valence-electron chi connectivity index (χ3n) is 3.83. The molecule has 2 rings (SSSR count). The first-order valence-corrected chi connectivity index (χ1v) is 7.27. The first-order valence-electron chi connectivity index (χ1n) is 7.27. The number of carbonyl (C=O) groups is 2. The van der Waals surface area contributed by atoms with E-state index in [-0.39, 0.29) is 18.0 Å². The molecule has 0 bridgehead atoms. The SMILES string of the molecule is CCOC(=O)N1CC(CC2CC2)CC(NC(C)=O)C1. The van der Waals surface area contributed by atoms with Crippen molar-refractivity contribution in [3.63, 3.8) is 0 Å². The Labute approximate surface area is 114 Å². The van der Waals surface area contributed by atoms with E-state index < -0.39 is 0 Å². The zero-order valence-electron chi connectivity index (χ0n) is 11.9. The van der Waals surface area contributed by atoms with Gasteiger partial charge in [-0.2, -0.15) is 0 Å². The van der Waals surface area contributed by atoms with Crippen molar-refractivity contribution in [2.75, 3.05) is 19.7 Å². The molecule has 5 heteroatoms. The molecular weight excluding hydrogens is 244 g/mol. The molecule has 1 aliphatic carbocycles. The number of rotatable bonds is 4. The minimum Gasteiger partial charge on any atom is -0.450 e. The van der Waals surface area contributed by atoms with Crippen molar-refractivity contribution in [3.05, 3.63) is 0 Å². The van der Waals surface area contributed by atoms with Crippen molar-refractivity contribution >= 4 is 12.0 Å². The quantitative estimate of drug-likeness (QED) is 0.845. The van der Waals surface area contributed by atoms with E-state index in [1.54, 1.807) is 4.90 Å². The van der Waals surface area contributed by atoms with Crippen molar-refractivity contribution in [2.45, 2.75) is 45.6 Å². The van der Waals surface area contributed by atoms with Crippen LogP contribution < -0.4 is 5.32 Å². The summed E-state index contributed by atoms with van der Waals surface area (Å²) in [6, 6.07) is 0.0689. The summed E-state index contributed by atoms with van der Waals surface area (Å²) in [5.74, 6) is 1.30. The molecule has 0 aromatic rings. The summed E-state index contributed by atoms with van der Waals surface area (Å²) in [7, 11) is 0. The minimum atomic E-state index is -0.252. The van der Waals surface area contributed by atoms with Gasteiger partial charge in [0.15, 0.2) is 0 Å². The lowest BCUT2D eigenvalue weighted by atomic mass is 9.90. The number of nitrogens with zero attached hydrogens (tertiary/aromatic N) is 1. The van der Waals surface area contributed by atoms with Crippen molar-refractivity contribution < 1.29 is 14.3 Å². The lowest BCUT2D eigenvalue weighted by Crippen LogP contribution is -2.52. The highest BCUT2D eigenvalue weighted by atomic mass is 16.6. The van der Waals surface area contributed by atoms with Gasteiger partial charge in [-0.25, -0.2) is 4.79 Å². The molecule has 2 aliphatic rings. The molecule has 2 atom stereocenters. The predicted octanol–water partition coefficient (Wildman–Crippen LogP) is 1.77. The molecule has 1 heterocycles. The number of ether oxygens (including phenoxy) is 1. The minimum absolute atomic E-state index is 0.0270. The average molecular weight is 268 g/mol. The maximum Gasteiger partial charge on any atom is 0.409 e. The van der Waals surface area contributed by atoms with E-state index in [9.17, 15) is 9.59 Å². The van der Waals surface area contributed by atoms with Gasteiger partial charge in [0.1, 0.15) is 0 Å². The van der Waals surface area contributed by atoms with Crippen LogP contribution in [0.4, 0.5) is 4.79 Å². The van der Waals surface area contributed by atoms with Gasteiger partial charge in [0, 0.05) is 26.1 Å². The number of carbonyl (C=O) groups excluding carboxylic acids is 2. The maximum atomic E-state index is 11.9. The molecule has 1 aliphatic heterocycles. The van der Waals surface area contributed by atoms with Crippen molar-refractivity contribution in [3.8, 4) is 0 Å². The highest BCUT2D eigenvalue weighted by molar-refractivity contribution is 5.73. The fourth-order valence-electron chi connectivity index (χ4n) is 2.96. The smallest absolute Gasteiger partial charge is 0.409 e. The normalized spacial score (nSPS) is 26.9. The molecule has 1 saturated heterocycles. The number of piperidine rings is 1. The van der Waals surface area contributed by atoms with Crippen LogP contribution >= 0.6 is 0 Å². The molecule has 1 saturated carbocycles. The molecule has 19 heavy (non-hydrogen) atoms. The molecule has 2 amide bonds. The zero-order valence-corrected chi connectivity index (χ0v) is 11.9. The Morgan fingerprint density at radius 1 is 1.26 bits per heavy atom. The Hall–Kier alpha value is -1.26. The van der Waals surface area contributed by atoms with Crippen LogP contribution in [0.15, 0.2) is 0 Å². The third kappa shape index (κ3) is 4.40. The number of hydrogen-bond acceptors (Lipinski definition) is 3. The van der Waals surface area contributed by atoms with Crippen LogP contribution in [0, 0.1) is 11.8 Å². The van der Waals surface area contributed by atoms with Crippen LogP contribution in [0.2, 0.25) is 0 Å². The van der Waals surface area contributed by atoms with Crippen LogP contribution in [0.3, 0.4) is 0 Å². The molecule has 0 radical (unpaired) electrons. The average Bonchev–Trinajstić information content (AvgIpc) is 3.12. The summed E-state index contributed by atoms with van der Waals surface area (Å²) in [4.78, 5) is 24.8. The summed E-state index contributed by atoms with van der Waals surface area (Å²) in [5.41, 5.74) is 0. The molecule has 2 fully saturated rings. The van der Waals surface area contributed by atoms with Crippen LogP contribution in [-0.2, 0) is 9.53 Å². The molecule has 1 N–H and O–H groups in total. The molecular formula is C14H24N2O3. The van der Waals surface area contributed by atoms with E-state index in [1.807, 2.05) is 6.92 Å². The maximum absolute atomic E-state index is 11.9. The largest absolute Gasteiger partial charge is 0.450 e. The van der Waals surface area contributed by atoms with Crippen LogP contribution in [0.1, 0.15) is 39.5 Å². The Kier molecular flexibility index (Phi) is 4.66. The van der Waals surface area contributed by atoms with Gasteiger partial charge in [0.05, 0.1) is 6.61 Å². The van der Waals surface area contributed by atoms with Crippen molar-refractivity contribution in [2.24, 2.45) is 11.8 Å². The van der Waals surface area contributed by atoms with Gasteiger partial charge in [-0.1, -0.05) is 12.8 Å². The second-order valence-electron chi connectivity index (χ2n) is 5.78. The van der Waals surface area contributed by atoms with Gasteiger partial charge in [-0.05, 0) is 31.6 Å². The predicted molar refractivity (Wildman–Crippen MR) is 71.6 cm³/mol. The molecule has 0 aromatic heterocycles. The Morgan fingerprint density at radius 2 is 2.00 bits per heavy atom. The van der Waals surface area contributed by atoms with Crippen LogP contribution in [-0.4, -0.2) is 42.6 Å². The summed E-state index contributed by atoms with van der Waals surface area (Å²) in [6.45, 7) is 5.08. The highest BCUT2D eigenvalue weighted by Crippen LogP contribution is 2.37. The zero-order chi connectivity index (χ0) is 13.8. The highest BCUT2D eigenvalue weighted by Gasteiger charge is 2.34. The summed E-state index contributed by atoms with van der Waals surface area (Å²) in [6.07, 6.45) is 4.54. The topological polar surface area (TPSA) is 58.6 Å². The number of nitrogens with one attached hydrogen (secondary N) is 1. The summed E-state index contributed by atoms with van der Waals surface area (Å²) < 4.78 is 5.08. The molecule has 2 unspecified atom stereocenters. The number of amides is 2. The molecule has 0 aromatic carbocycles. The van der Waals surface area contributed by atoms with E-state index in [4.69, 9.17) is 4.74 Å². The first kappa shape index (κ1) is 14.2. The van der Waals surface area contributed by atoms with Crippen molar-refractivity contribution in [1.29, 1.82) is 0 Å². The van der Waals surface area contributed by atoms with Crippen LogP contribution in [0.25, 0.3) is 0 Å². The monoisotopic (exact) mass is 268 g/mol. The summed E-state index contributed by atoms with van der Waals surface area (Å²) in [5, 5.41) is 2.94. The second kappa shape index (κ2) is 6.26. The Morgan fingerprint density at radius 3 is 2.58 bits per heavy atom. The van der Waals surface area contributed by atoms with E-state index in [0.717, 1.165) is 18.9 Å². The van der Waals surface area contributed by atoms with E-state index in [0.29, 0.717) is 19.1 Å². The lowest BCUT2D eigenvalue weighted by molar-refractivity contribution is -0.120. The van der Waals surface area contributed by atoms with E-state index in [2.05, 4.69) is 5.32 Å². The van der Waals surface area contributed by atoms with E-state index >= 15 is 0 Å². The van der Waals surface area contributed by atoms with Gasteiger partial charge >= 0.3 is 6.09 Å². The molecule has 108 valence electrons. The van der Waals surface area contributed by atoms with Gasteiger partial charge in [-0.3, -0.25) is 4.79 Å². The van der Waals surface area contributed by atoms with Gasteiger partial charge in [0.25, 0.3) is 0 Å².